The van der Waals surface area contributed by atoms with Gasteiger partial charge >= 0.3 is 6.09 Å². The highest BCUT2D eigenvalue weighted by atomic mass is 35.5. The lowest BCUT2D eigenvalue weighted by Gasteiger charge is -2.24. The van der Waals surface area contributed by atoms with E-state index in [0.717, 1.165) is 23.1 Å². The zero-order chi connectivity index (χ0) is 20.3. The van der Waals surface area contributed by atoms with Crippen molar-refractivity contribution < 1.29 is 9.53 Å². The molecule has 2 aromatic heterocycles. The van der Waals surface area contributed by atoms with Crippen molar-refractivity contribution in [2.75, 3.05) is 13.1 Å². The predicted molar refractivity (Wildman–Crippen MR) is 111 cm³/mol. The molecule has 0 unspecified atom stereocenters. The molecular weight excluding hydrogens is 378 g/mol. The fourth-order valence-electron chi connectivity index (χ4n) is 2.89. The van der Waals surface area contributed by atoms with Gasteiger partial charge in [-0.1, -0.05) is 11.6 Å². The minimum atomic E-state index is -0.506. The van der Waals surface area contributed by atoms with Crippen molar-refractivity contribution in [3.63, 3.8) is 0 Å². The van der Waals surface area contributed by atoms with Gasteiger partial charge in [0.05, 0.1) is 17.1 Å². The van der Waals surface area contributed by atoms with Crippen LogP contribution in [0.25, 0.3) is 16.6 Å². The number of halogens is 1. The van der Waals surface area contributed by atoms with E-state index in [0.29, 0.717) is 23.8 Å². The van der Waals surface area contributed by atoms with Crippen molar-refractivity contribution in [1.29, 1.82) is 0 Å². The molecule has 1 fully saturated rings. The average Bonchev–Trinajstić information content (AvgIpc) is 3.09. The monoisotopic (exact) mass is 401 g/mol. The number of allylic oxidation sites excluding steroid dienone is 1. The lowest BCUT2D eigenvalue weighted by molar-refractivity contribution is 0.0293. The van der Waals surface area contributed by atoms with Crippen molar-refractivity contribution in [3.05, 3.63) is 41.3 Å². The van der Waals surface area contributed by atoms with E-state index < -0.39 is 5.60 Å². The maximum Gasteiger partial charge on any atom is 0.410 e. The number of ether oxygens (including phenoxy) is 1. The summed E-state index contributed by atoms with van der Waals surface area (Å²) in [5.74, 6) is 0. The van der Waals surface area contributed by atoms with Gasteiger partial charge in [-0.25, -0.2) is 9.78 Å². The number of nitrogens with zero attached hydrogens (tertiary/aromatic N) is 4. The van der Waals surface area contributed by atoms with Gasteiger partial charge in [0.15, 0.2) is 0 Å². The number of rotatable bonds is 3. The van der Waals surface area contributed by atoms with Gasteiger partial charge in [0.1, 0.15) is 10.8 Å². The van der Waals surface area contributed by atoms with Gasteiger partial charge in [0.25, 0.3) is 0 Å². The molecule has 3 rings (SSSR count). The lowest BCUT2D eigenvalue weighted by atomic mass is 10.1. The van der Waals surface area contributed by atoms with Crippen LogP contribution in [-0.4, -0.2) is 51.9 Å². The molecule has 0 saturated carbocycles. The van der Waals surface area contributed by atoms with Gasteiger partial charge in [-0.05, 0) is 45.4 Å². The van der Waals surface area contributed by atoms with Crippen LogP contribution in [0.1, 0.15) is 32.8 Å². The van der Waals surface area contributed by atoms with Crippen molar-refractivity contribution in [3.8, 4) is 0 Å². The van der Waals surface area contributed by atoms with E-state index in [1.165, 1.54) is 6.20 Å². The number of aromatic nitrogens is 2. The molecule has 148 valence electrons. The first-order chi connectivity index (χ1) is 13.2. The highest BCUT2D eigenvalue weighted by Crippen LogP contribution is 2.20. The molecule has 3 heterocycles. The first-order valence-corrected chi connectivity index (χ1v) is 9.48. The minimum Gasteiger partial charge on any atom is -0.444 e. The number of hydrogen-bond donors (Lipinski definition) is 1. The van der Waals surface area contributed by atoms with Crippen molar-refractivity contribution in [1.82, 2.24) is 14.9 Å². The summed E-state index contributed by atoms with van der Waals surface area (Å²) in [5.41, 5.74) is 8.26. The van der Waals surface area contributed by atoms with E-state index in [-0.39, 0.29) is 12.1 Å². The molecule has 1 atom stereocenters. The number of aliphatic imine (C=N–C) groups is 1. The first kappa shape index (κ1) is 20.1. The van der Waals surface area contributed by atoms with Gasteiger partial charge in [0.2, 0.25) is 0 Å². The molecule has 0 spiro atoms. The van der Waals surface area contributed by atoms with Crippen molar-refractivity contribution in [2.45, 2.75) is 38.8 Å². The minimum absolute atomic E-state index is 0.00320. The third-order valence-electron chi connectivity index (χ3n) is 4.26. The molecule has 7 nitrogen and oxygen atoms in total. The van der Waals surface area contributed by atoms with Crippen LogP contribution >= 0.6 is 11.6 Å². The Balaban J connectivity index is 1.68. The molecule has 8 heteroatoms. The molecule has 0 aliphatic carbocycles. The topological polar surface area (TPSA) is 93.7 Å². The van der Waals surface area contributed by atoms with Crippen LogP contribution in [0.5, 0.6) is 0 Å². The van der Waals surface area contributed by atoms with E-state index in [1.54, 1.807) is 23.4 Å². The Bertz CT molecular complexity index is 936. The van der Waals surface area contributed by atoms with E-state index in [2.05, 4.69) is 15.0 Å². The molecule has 1 amide bonds. The number of fused-ring (bicyclic) bond motifs is 1. The van der Waals surface area contributed by atoms with Crippen molar-refractivity contribution >= 4 is 40.5 Å². The molecule has 0 radical (unpaired) electrons. The highest BCUT2D eigenvalue weighted by molar-refractivity contribution is 6.29. The van der Waals surface area contributed by atoms with Crippen LogP contribution in [0, 0.1) is 0 Å². The van der Waals surface area contributed by atoms with Crippen LogP contribution in [-0.2, 0) is 4.74 Å². The normalized spacial score (nSPS) is 18.2. The van der Waals surface area contributed by atoms with Crippen LogP contribution in [0.3, 0.4) is 0 Å². The Kier molecular flexibility index (Phi) is 5.84. The third-order valence-corrected chi connectivity index (χ3v) is 4.47. The standard InChI is InChI=1S/C20H24ClN5O2/c1-20(2,3)28-19(27)26-7-6-15(12-26)23-11-14(9-22)13-8-17-16(24-10-13)4-5-18(21)25-17/h4-5,8-11,15H,6-7,12,22H2,1-3H3/t15-/m0/s1. The number of pyridine rings is 2. The molecule has 1 saturated heterocycles. The summed E-state index contributed by atoms with van der Waals surface area (Å²) in [5, 5.41) is 0.409. The second-order valence-corrected chi connectivity index (χ2v) is 8.05. The fourth-order valence-corrected chi connectivity index (χ4v) is 3.05. The van der Waals surface area contributed by atoms with Crippen LogP contribution in [0.2, 0.25) is 5.15 Å². The Morgan fingerprint density at radius 3 is 2.89 bits per heavy atom. The third kappa shape index (κ3) is 4.98. The summed E-state index contributed by atoms with van der Waals surface area (Å²) in [6.45, 7) is 6.71. The van der Waals surface area contributed by atoms with E-state index in [4.69, 9.17) is 22.1 Å². The maximum atomic E-state index is 12.2. The van der Waals surface area contributed by atoms with Gasteiger partial charge in [0, 0.05) is 42.8 Å². The maximum absolute atomic E-state index is 12.2. The van der Waals surface area contributed by atoms with Crippen LogP contribution < -0.4 is 5.73 Å². The summed E-state index contributed by atoms with van der Waals surface area (Å²) in [6, 6.07) is 5.40. The van der Waals surface area contributed by atoms with Crippen LogP contribution in [0.15, 0.2) is 35.6 Å². The lowest BCUT2D eigenvalue weighted by Crippen LogP contribution is -2.35. The quantitative estimate of drug-likeness (QED) is 0.625. The molecule has 0 aromatic carbocycles. The smallest absolute Gasteiger partial charge is 0.410 e. The number of hydrogen-bond acceptors (Lipinski definition) is 6. The number of nitrogens with two attached hydrogens (primary N) is 1. The summed E-state index contributed by atoms with van der Waals surface area (Å²) in [4.78, 5) is 27.1. The van der Waals surface area contributed by atoms with E-state index in [9.17, 15) is 4.79 Å². The first-order valence-electron chi connectivity index (χ1n) is 9.11. The molecular formula is C20H24ClN5O2. The Hall–Kier alpha value is -2.67. The van der Waals surface area contributed by atoms with Gasteiger partial charge in [-0.2, -0.15) is 0 Å². The number of carbonyl (C=O) groups is 1. The Morgan fingerprint density at radius 2 is 2.18 bits per heavy atom. The highest BCUT2D eigenvalue weighted by Gasteiger charge is 2.29. The fraction of sp³-hybridized carbons (Fsp3) is 0.400. The average molecular weight is 402 g/mol. The molecule has 2 aromatic rings. The molecule has 1 aliphatic rings. The van der Waals surface area contributed by atoms with Gasteiger partial charge in [-0.15, -0.1) is 0 Å². The molecule has 0 bridgehead atoms. The SMILES string of the molecule is CC(C)(C)OC(=O)N1CC[C@H](N=CC(=CN)c2cnc3ccc(Cl)nc3c2)C1. The van der Waals surface area contributed by atoms with E-state index >= 15 is 0 Å². The number of carbonyl (C=O) groups excluding carboxylic acids is 1. The van der Waals surface area contributed by atoms with E-state index in [1.807, 2.05) is 32.9 Å². The summed E-state index contributed by atoms with van der Waals surface area (Å²) in [6.07, 6.45) is 5.40. The summed E-state index contributed by atoms with van der Waals surface area (Å²) < 4.78 is 5.41. The molecule has 2 N–H and O–H groups in total. The van der Waals surface area contributed by atoms with Gasteiger partial charge < -0.3 is 15.4 Å². The largest absolute Gasteiger partial charge is 0.444 e. The zero-order valence-electron chi connectivity index (χ0n) is 16.2. The Labute approximate surface area is 169 Å². The second kappa shape index (κ2) is 8.14. The van der Waals surface area contributed by atoms with Gasteiger partial charge in [-0.3, -0.25) is 9.98 Å². The predicted octanol–water partition coefficient (Wildman–Crippen LogP) is 3.66. The number of amides is 1. The summed E-state index contributed by atoms with van der Waals surface area (Å²) in [7, 11) is 0. The number of likely N-dealkylation sites (tertiary alicyclic amines) is 1. The molecule has 1 aliphatic heterocycles. The molecule has 28 heavy (non-hydrogen) atoms. The summed E-state index contributed by atoms with van der Waals surface area (Å²) >= 11 is 5.96. The zero-order valence-corrected chi connectivity index (χ0v) is 17.0. The Morgan fingerprint density at radius 1 is 1.39 bits per heavy atom. The van der Waals surface area contributed by atoms with Crippen molar-refractivity contribution in [2.24, 2.45) is 10.7 Å². The second-order valence-electron chi connectivity index (χ2n) is 7.67. The van der Waals surface area contributed by atoms with Crippen LogP contribution in [0.4, 0.5) is 4.79 Å².